The summed E-state index contributed by atoms with van der Waals surface area (Å²) < 4.78 is 5.29. The van der Waals surface area contributed by atoms with Crippen molar-refractivity contribution in [2.24, 2.45) is 0 Å². The van der Waals surface area contributed by atoms with Gasteiger partial charge in [-0.1, -0.05) is 29.8 Å². The van der Waals surface area contributed by atoms with Crippen LogP contribution in [0.4, 0.5) is 0 Å². The number of nitrogens with zero attached hydrogens (tertiary/aromatic N) is 1. The van der Waals surface area contributed by atoms with Gasteiger partial charge in [0.1, 0.15) is 0 Å². The van der Waals surface area contributed by atoms with Crippen molar-refractivity contribution in [2.75, 3.05) is 32.8 Å². The molecule has 1 aliphatic heterocycles. The Bertz CT molecular complexity index is 410. The molecule has 19 heavy (non-hydrogen) atoms. The highest BCUT2D eigenvalue weighted by Crippen LogP contribution is 2.21. The van der Waals surface area contributed by atoms with Gasteiger partial charge in [0.15, 0.2) is 0 Å². The topological polar surface area (TPSA) is 49.8 Å². The van der Waals surface area contributed by atoms with Crippen molar-refractivity contribution in [2.45, 2.75) is 19.3 Å². The molecule has 1 unspecified atom stereocenters. The quantitative estimate of drug-likeness (QED) is 0.881. The minimum absolute atomic E-state index is 0.413. The number of aryl methyl sites for hydroxylation is 1. The van der Waals surface area contributed by atoms with E-state index in [-0.39, 0.29) is 0 Å². The predicted octanol–water partition coefficient (Wildman–Crippen LogP) is 1.89. The summed E-state index contributed by atoms with van der Waals surface area (Å²) in [7, 11) is 0. The van der Waals surface area contributed by atoms with Gasteiger partial charge in [-0.05, 0) is 25.5 Å². The van der Waals surface area contributed by atoms with Gasteiger partial charge in [-0.3, -0.25) is 9.69 Å². The maximum Gasteiger partial charge on any atom is 0.311 e. The van der Waals surface area contributed by atoms with Gasteiger partial charge in [0.25, 0.3) is 0 Å². The molecule has 104 valence electrons. The van der Waals surface area contributed by atoms with Crippen molar-refractivity contribution < 1.29 is 14.6 Å². The van der Waals surface area contributed by atoms with E-state index in [0.717, 1.165) is 44.0 Å². The second kappa shape index (κ2) is 6.68. The van der Waals surface area contributed by atoms with Crippen molar-refractivity contribution in [3.63, 3.8) is 0 Å². The van der Waals surface area contributed by atoms with Crippen molar-refractivity contribution in [3.8, 4) is 0 Å². The molecule has 1 N–H and O–H groups in total. The van der Waals surface area contributed by atoms with Crippen LogP contribution in [0.15, 0.2) is 24.3 Å². The summed E-state index contributed by atoms with van der Waals surface area (Å²) in [5, 5.41) is 9.38. The summed E-state index contributed by atoms with van der Waals surface area (Å²) in [5.74, 6) is -1.15. The Morgan fingerprint density at radius 1 is 1.32 bits per heavy atom. The maximum atomic E-state index is 11.4. The summed E-state index contributed by atoms with van der Waals surface area (Å²) in [6.45, 7) is 6.13. The number of rotatable bonds is 5. The summed E-state index contributed by atoms with van der Waals surface area (Å²) in [4.78, 5) is 13.7. The summed E-state index contributed by atoms with van der Waals surface area (Å²) in [5.41, 5.74) is 2.05. The van der Waals surface area contributed by atoms with Gasteiger partial charge in [-0.15, -0.1) is 0 Å². The largest absolute Gasteiger partial charge is 0.481 e. The molecule has 4 heteroatoms. The van der Waals surface area contributed by atoms with Crippen LogP contribution in [0.2, 0.25) is 0 Å². The van der Waals surface area contributed by atoms with Crippen LogP contribution in [0.1, 0.15) is 23.5 Å². The van der Waals surface area contributed by atoms with Gasteiger partial charge in [-0.25, -0.2) is 0 Å². The van der Waals surface area contributed by atoms with Crippen LogP contribution >= 0.6 is 0 Å². The van der Waals surface area contributed by atoms with E-state index in [1.165, 1.54) is 0 Å². The molecule has 1 fully saturated rings. The molecule has 0 radical (unpaired) electrons. The molecule has 0 aromatic heterocycles. The van der Waals surface area contributed by atoms with Crippen molar-refractivity contribution >= 4 is 5.97 Å². The SMILES string of the molecule is Cc1ccc(C(CCN2CCOCC2)C(=O)O)cc1. The molecule has 1 aliphatic rings. The highest BCUT2D eigenvalue weighted by Gasteiger charge is 2.21. The van der Waals surface area contributed by atoms with Gasteiger partial charge < -0.3 is 9.84 Å². The van der Waals surface area contributed by atoms with Gasteiger partial charge in [0.05, 0.1) is 19.1 Å². The summed E-state index contributed by atoms with van der Waals surface area (Å²) in [6, 6.07) is 7.79. The average Bonchev–Trinajstić information content (AvgIpc) is 2.42. The van der Waals surface area contributed by atoms with Crippen LogP contribution in [0.5, 0.6) is 0 Å². The molecular weight excluding hydrogens is 242 g/mol. The molecular formula is C15H21NO3. The lowest BCUT2D eigenvalue weighted by molar-refractivity contribution is -0.139. The fourth-order valence-electron chi connectivity index (χ4n) is 2.37. The zero-order valence-electron chi connectivity index (χ0n) is 11.3. The summed E-state index contributed by atoms with van der Waals surface area (Å²) in [6.07, 6.45) is 0.651. The number of ether oxygens (including phenoxy) is 1. The minimum Gasteiger partial charge on any atom is -0.481 e. The number of hydrogen-bond donors (Lipinski definition) is 1. The number of aliphatic carboxylic acids is 1. The Labute approximate surface area is 114 Å². The zero-order chi connectivity index (χ0) is 13.7. The third-order valence-electron chi connectivity index (χ3n) is 3.62. The van der Waals surface area contributed by atoms with Gasteiger partial charge in [-0.2, -0.15) is 0 Å². The summed E-state index contributed by atoms with van der Waals surface area (Å²) >= 11 is 0. The number of benzene rings is 1. The molecule has 1 heterocycles. The Kier molecular flexibility index (Phi) is 4.93. The molecule has 4 nitrogen and oxygen atoms in total. The van der Waals surface area contributed by atoms with E-state index < -0.39 is 11.9 Å². The third-order valence-corrected chi connectivity index (χ3v) is 3.62. The lowest BCUT2D eigenvalue weighted by atomic mass is 9.95. The van der Waals surface area contributed by atoms with E-state index >= 15 is 0 Å². The Morgan fingerprint density at radius 3 is 2.53 bits per heavy atom. The molecule has 1 saturated heterocycles. The second-order valence-electron chi connectivity index (χ2n) is 5.04. The normalized spacial score (nSPS) is 18.2. The third kappa shape index (κ3) is 4.04. The van der Waals surface area contributed by atoms with E-state index in [1.807, 2.05) is 31.2 Å². The number of hydrogen-bond acceptors (Lipinski definition) is 3. The standard InChI is InChI=1S/C15H21NO3/c1-12-2-4-13(5-3-12)14(15(17)18)6-7-16-8-10-19-11-9-16/h2-5,14H,6-11H2,1H3,(H,17,18). The van der Waals surface area contributed by atoms with E-state index in [4.69, 9.17) is 4.74 Å². The maximum absolute atomic E-state index is 11.4. The predicted molar refractivity (Wildman–Crippen MR) is 73.4 cm³/mol. The monoisotopic (exact) mass is 263 g/mol. The van der Waals surface area contributed by atoms with Crippen molar-refractivity contribution in [1.82, 2.24) is 4.90 Å². The average molecular weight is 263 g/mol. The van der Waals surface area contributed by atoms with E-state index in [9.17, 15) is 9.90 Å². The van der Waals surface area contributed by atoms with Crippen molar-refractivity contribution in [3.05, 3.63) is 35.4 Å². The number of morpholine rings is 1. The first-order valence-electron chi connectivity index (χ1n) is 6.76. The van der Waals surface area contributed by atoms with E-state index in [1.54, 1.807) is 0 Å². The molecule has 2 rings (SSSR count). The van der Waals surface area contributed by atoms with Crippen LogP contribution in [0, 0.1) is 6.92 Å². The van der Waals surface area contributed by atoms with Crippen LogP contribution in [-0.2, 0) is 9.53 Å². The number of carbonyl (C=O) groups is 1. The minimum atomic E-state index is -0.739. The number of carboxylic acids is 1. The lowest BCUT2D eigenvalue weighted by Gasteiger charge is -2.27. The molecule has 0 aliphatic carbocycles. The van der Waals surface area contributed by atoms with Gasteiger partial charge >= 0.3 is 5.97 Å². The number of carboxylic acid groups (broad SMARTS) is 1. The first-order chi connectivity index (χ1) is 9.16. The molecule has 1 aromatic carbocycles. The fourth-order valence-corrected chi connectivity index (χ4v) is 2.37. The lowest BCUT2D eigenvalue weighted by Crippen LogP contribution is -2.37. The smallest absolute Gasteiger partial charge is 0.311 e. The molecule has 0 spiro atoms. The first kappa shape index (κ1) is 14.0. The highest BCUT2D eigenvalue weighted by atomic mass is 16.5. The Hall–Kier alpha value is -1.39. The van der Waals surface area contributed by atoms with Crippen LogP contribution in [0.3, 0.4) is 0 Å². The van der Waals surface area contributed by atoms with E-state index in [0.29, 0.717) is 6.42 Å². The second-order valence-corrected chi connectivity index (χ2v) is 5.04. The fraction of sp³-hybridized carbons (Fsp3) is 0.533. The molecule has 1 aromatic rings. The van der Waals surface area contributed by atoms with Gasteiger partial charge in [0, 0.05) is 13.1 Å². The van der Waals surface area contributed by atoms with E-state index in [2.05, 4.69) is 4.90 Å². The van der Waals surface area contributed by atoms with Crippen LogP contribution in [0.25, 0.3) is 0 Å². The zero-order valence-corrected chi connectivity index (χ0v) is 11.3. The van der Waals surface area contributed by atoms with Crippen LogP contribution in [-0.4, -0.2) is 48.8 Å². The van der Waals surface area contributed by atoms with Crippen LogP contribution < -0.4 is 0 Å². The molecule has 0 saturated carbocycles. The molecule has 1 atom stereocenters. The van der Waals surface area contributed by atoms with Gasteiger partial charge in [0.2, 0.25) is 0 Å². The Balaban J connectivity index is 1.96. The first-order valence-corrected chi connectivity index (χ1v) is 6.76. The Morgan fingerprint density at radius 2 is 1.95 bits per heavy atom. The molecule has 0 amide bonds. The molecule has 0 bridgehead atoms. The van der Waals surface area contributed by atoms with Crippen molar-refractivity contribution in [1.29, 1.82) is 0 Å². The highest BCUT2D eigenvalue weighted by molar-refractivity contribution is 5.76.